The highest BCUT2D eigenvalue weighted by Gasteiger charge is 2.42. The lowest BCUT2D eigenvalue weighted by molar-refractivity contribution is 0.0138. The van der Waals surface area contributed by atoms with Gasteiger partial charge in [0, 0.05) is 23.4 Å². The summed E-state index contributed by atoms with van der Waals surface area (Å²) in [4.78, 5) is 19.3. The van der Waals surface area contributed by atoms with Crippen molar-refractivity contribution < 1.29 is 13.9 Å². The van der Waals surface area contributed by atoms with E-state index in [2.05, 4.69) is 43.1 Å². The van der Waals surface area contributed by atoms with Crippen LogP contribution >= 0.6 is 0 Å². The average Bonchev–Trinajstić information content (AvgIpc) is 3.30. The highest BCUT2D eigenvalue weighted by molar-refractivity contribution is 5.83. The van der Waals surface area contributed by atoms with Crippen molar-refractivity contribution in [2.24, 2.45) is 5.41 Å². The summed E-state index contributed by atoms with van der Waals surface area (Å²) in [6, 6.07) is 8.64. The minimum Gasteiger partial charge on any atom is -0.387 e. The van der Waals surface area contributed by atoms with Gasteiger partial charge < -0.3 is 19.9 Å². The normalized spacial score (nSPS) is 16.3. The number of aryl methyl sites for hydroxylation is 1. The summed E-state index contributed by atoms with van der Waals surface area (Å²) in [6.45, 7) is 10.3. The second-order valence-electron chi connectivity index (χ2n) is 10.5. The van der Waals surface area contributed by atoms with E-state index in [1.54, 1.807) is 25.1 Å². The van der Waals surface area contributed by atoms with Crippen LogP contribution in [0.4, 0.5) is 20.5 Å². The Morgan fingerprint density at radius 1 is 1.10 bits per heavy atom. The molecule has 9 nitrogen and oxygen atoms in total. The van der Waals surface area contributed by atoms with E-state index in [-0.39, 0.29) is 28.8 Å². The SMILES string of the molecule is CCN1CCC(C#N)([C@@H](O)c2ccc(Nc3ncc(F)c(-c4cc(F)c5nc(C)n(C(C)C)c5c4)n3)nc2)CC1. The number of piperidine rings is 1. The molecule has 0 bridgehead atoms. The Bertz CT molecular complexity index is 1570. The predicted octanol–water partition coefficient (Wildman–Crippen LogP) is 5.46. The van der Waals surface area contributed by atoms with Gasteiger partial charge >= 0.3 is 0 Å². The van der Waals surface area contributed by atoms with Crippen LogP contribution in [0, 0.1) is 35.3 Å². The molecule has 40 heavy (non-hydrogen) atoms. The van der Waals surface area contributed by atoms with Gasteiger partial charge in [0.05, 0.1) is 29.3 Å². The Hall–Kier alpha value is -4.01. The number of benzene rings is 1. The van der Waals surface area contributed by atoms with Crippen LogP contribution in [0.2, 0.25) is 0 Å². The number of nitriles is 1. The summed E-state index contributed by atoms with van der Waals surface area (Å²) in [6.07, 6.45) is 2.72. The molecule has 0 unspecified atom stereocenters. The van der Waals surface area contributed by atoms with Crippen molar-refractivity contribution in [1.29, 1.82) is 5.26 Å². The van der Waals surface area contributed by atoms with Crippen LogP contribution < -0.4 is 5.32 Å². The molecular formula is C29H32F2N8O. The first-order chi connectivity index (χ1) is 19.2. The quantitative estimate of drug-likeness (QED) is 0.314. The number of aromatic nitrogens is 5. The largest absolute Gasteiger partial charge is 0.387 e. The van der Waals surface area contributed by atoms with E-state index >= 15 is 0 Å². The summed E-state index contributed by atoms with van der Waals surface area (Å²) >= 11 is 0. The number of halogens is 2. The zero-order chi connectivity index (χ0) is 28.6. The fraction of sp³-hybridized carbons (Fsp3) is 0.414. The molecule has 11 heteroatoms. The first-order valence-corrected chi connectivity index (χ1v) is 13.4. The van der Waals surface area contributed by atoms with Gasteiger partial charge in [0.2, 0.25) is 5.95 Å². The van der Waals surface area contributed by atoms with Crippen LogP contribution in [0.1, 0.15) is 57.1 Å². The molecule has 4 aromatic rings. The van der Waals surface area contributed by atoms with Crippen LogP contribution in [0.5, 0.6) is 0 Å². The third-order valence-electron chi connectivity index (χ3n) is 7.74. The van der Waals surface area contributed by atoms with Gasteiger partial charge in [0.1, 0.15) is 22.9 Å². The maximum Gasteiger partial charge on any atom is 0.229 e. The molecule has 0 radical (unpaired) electrons. The number of rotatable bonds is 7. The fourth-order valence-corrected chi connectivity index (χ4v) is 5.48. The van der Waals surface area contributed by atoms with Crippen molar-refractivity contribution >= 4 is 22.8 Å². The van der Waals surface area contributed by atoms with Crippen molar-refractivity contribution in [3.8, 4) is 17.3 Å². The lowest BCUT2D eigenvalue weighted by atomic mass is 9.73. The number of nitrogens with zero attached hydrogens (tertiary/aromatic N) is 7. The second-order valence-corrected chi connectivity index (χ2v) is 10.5. The second kappa shape index (κ2) is 10.9. The number of anilines is 2. The van der Waals surface area contributed by atoms with E-state index < -0.39 is 23.2 Å². The van der Waals surface area contributed by atoms with Crippen molar-refractivity contribution in [3.05, 3.63) is 59.7 Å². The summed E-state index contributed by atoms with van der Waals surface area (Å²) in [5.74, 6) is -0.145. The van der Waals surface area contributed by atoms with Gasteiger partial charge in [-0.3, -0.25) is 0 Å². The van der Waals surface area contributed by atoms with E-state index in [1.807, 2.05) is 18.4 Å². The standard InChI is InChI=1S/C29H32F2N8O/c1-5-38-10-8-29(16-32,9-11-38)27(40)19-6-7-24(33-14-19)36-28-34-15-22(31)25(37-28)20-12-21(30)26-23(13-20)39(17(2)3)18(4)35-26/h6-7,12-15,17,27,40H,5,8-11H2,1-4H3,(H,33,34,36,37)/t27-/m0/s1. The van der Waals surface area contributed by atoms with Gasteiger partial charge in [0.15, 0.2) is 11.6 Å². The molecule has 0 spiro atoms. The van der Waals surface area contributed by atoms with Crippen LogP contribution in [0.3, 0.4) is 0 Å². The average molecular weight is 547 g/mol. The van der Waals surface area contributed by atoms with Crippen molar-refractivity contribution in [3.63, 3.8) is 0 Å². The molecule has 1 atom stereocenters. The van der Waals surface area contributed by atoms with E-state index in [0.717, 1.165) is 25.8 Å². The number of nitrogens with one attached hydrogen (secondary N) is 1. The van der Waals surface area contributed by atoms with Crippen LogP contribution in [0.25, 0.3) is 22.3 Å². The number of aliphatic hydroxyl groups excluding tert-OH is 1. The Kier molecular flexibility index (Phi) is 7.49. The monoisotopic (exact) mass is 546 g/mol. The third kappa shape index (κ3) is 5.00. The fourth-order valence-electron chi connectivity index (χ4n) is 5.48. The molecule has 2 N–H and O–H groups in total. The zero-order valence-corrected chi connectivity index (χ0v) is 23.0. The van der Waals surface area contributed by atoms with Crippen molar-refractivity contribution in [2.75, 3.05) is 25.0 Å². The molecular weight excluding hydrogens is 514 g/mol. The molecule has 1 saturated heterocycles. The van der Waals surface area contributed by atoms with Crippen molar-refractivity contribution in [1.82, 2.24) is 29.4 Å². The molecule has 1 aliphatic rings. The number of fused-ring (bicyclic) bond motifs is 1. The highest BCUT2D eigenvalue weighted by Crippen LogP contribution is 2.42. The number of hydrogen-bond acceptors (Lipinski definition) is 8. The van der Waals surface area contributed by atoms with Gasteiger partial charge in [-0.1, -0.05) is 13.0 Å². The Morgan fingerprint density at radius 3 is 2.48 bits per heavy atom. The van der Waals surface area contributed by atoms with Gasteiger partial charge in [0.25, 0.3) is 0 Å². The minimum atomic E-state index is -0.973. The number of imidazole rings is 1. The lowest BCUT2D eigenvalue weighted by Gasteiger charge is -2.39. The Labute approximate surface area is 231 Å². The van der Waals surface area contributed by atoms with Gasteiger partial charge in [-0.25, -0.2) is 28.7 Å². The van der Waals surface area contributed by atoms with E-state index in [1.165, 1.54) is 12.3 Å². The molecule has 0 saturated carbocycles. The molecule has 1 aliphatic heterocycles. The van der Waals surface area contributed by atoms with Crippen LogP contribution in [-0.4, -0.2) is 54.1 Å². The van der Waals surface area contributed by atoms with E-state index in [4.69, 9.17) is 0 Å². The topological polar surface area (TPSA) is 116 Å². The zero-order valence-electron chi connectivity index (χ0n) is 23.0. The van der Waals surface area contributed by atoms with Gasteiger partial charge in [-0.05, 0) is 71.4 Å². The lowest BCUT2D eigenvalue weighted by Crippen LogP contribution is -2.42. The summed E-state index contributed by atoms with van der Waals surface area (Å²) in [7, 11) is 0. The number of hydrogen-bond donors (Lipinski definition) is 2. The minimum absolute atomic E-state index is 0.0341. The summed E-state index contributed by atoms with van der Waals surface area (Å²) in [5, 5.41) is 23.9. The number of pyridine rings is 1. The number of likely N-dealkylation sites (tertiary alicyclic amines) is 1. The number of aliphatic hydroxyl groups is 1. The van der Waals surface area contributed by atoms with Gasteiger partial charge in [-0.15, -0.1) is 0 Å². The molecule has 5 rings (SSSR count). The molecule has 1 fully saturated rings. The van der Waals surface area contributed by atoms with Crippen molar-refractivity contribution in [2.45, 2.75) is 52.7 Å². The smallest absolute Gasteiger partial charge is 0.229 e. The molecule has 4 heterocycles. The predicted molar refractivity (Wildman–Crippen MR) is 148 cm³/mol. The van der Waals surface area contributed by atoms with Crippen LogP contribution in [-0.2, 0) is 0 Å². The molecule has 208 valence electrons. The van der Waals surface area contributed by atoms with E-state index in [9.17, 15) is 19.1 Å². The van der Waals surface area contributed by atoms with Crippen LogP contribution in [0.15, 0.2) is 36.7 Å². The maximum absolute atomic E-state index is 15.0. The summed E-state index contributed by atoms with van der Waals surface area (Å²) in [5.41, 5.74) is 0.659. The first kappa shape index (κ1) is 27.6. The summed E-state index contributed by atoms with van der Waals surface area (Å²) < 4.78 is 31.7. The third-order valence-corrected chi connectivity index (χ3v) is 7.74. The molecule has 0 aliphatic carbocycles. The van der Waals surface area contributed by atoms with E-state index in [0.29, 0.717) is 35.6 Å². The Balaban J connectivity index is 1.39. The molecule has 1 aromatic carbocycles. The Morgan fingerprint density at radius 2 is 1.85 bits per heavy atom. The highest BCUT2D eigenvalue weighted by atomic mass is 19.1. The maximum atomic E-state index is 15.0. The molecule has 0 amide bonds. The molecule has 3 aromatic heterocycles. The first-order valence-electron chi connectivity index (χ1n) is 13.4. The van der Waals surface area contributed by atoms with Gasteiger partial charge in [-0.2, -0.15) is 5.26 Å².